The summed E-state index contributed by atoms with van der Waals surface area (Å²) in [6.45, 7) is 4.61. The summed E-state index contributed by atoms with van der Waals surface area (Å²) < 4.78 is 0.930. The zero-order valence-corrected chi connectivity index (χ0v) is 11.6. The zero-order valence-electron chi connectivity index (χ0n) is 9.99. The summed E-state index contributed by atoms with van der Waals surface area (Å²) in [5.74, 6) is 0.864. The molecule has 1 aromatic rings. The van der Waals surface area contributed by atoms with E-state index >= 15 is 0 Å². The van der Waals surface area contributed by atoms with Crippen LogP contribution in [0.2, 0.25) is 4.34 Å². The van der Waals surface area contributed by atoms with Crippen molar-refractivity contribution in [3.63, 3.8) is 0 Å². The zero-order chi connectivity index (χ0) is 11.7. The van der Waals surface area contributed by atoms with Crippen molar-refractivity contribution in [1.82, 2.24) is 10.2 Å². The number of hydrogen-bond donors (Lipinski definition) is 1. The second kappa shape index (κ2) is 5.27. The fourth-order valence-electron chi connectivity index (χ4n) is 2.91. The summed E-state index contributed by atoms with van der Waals surface area (Å²) in [6.07, 6.45) is 4.20. The lowest BCUT2D eigenvalue weighted by Crippen LogP contribution is -2.47. The van der Waals surface area contributed by atoms with Gasteiger partial charge in [0.2, 0.25) is 0 Å². The minimum absolute atomic E-state index is 0.628. The first-order valence-electron chi connectivity index (χ1n) is 6.54. The Bertz CT molecular complexity index is 369. The van der Waals surface area contributed by atoms with Crippen molar-refractivity contribution in [3.05, 3.63) is 21.3 Å². The van der Waals surface area contributed by atoms with Crippen molar-refractivity contribution in [3.8, 4) is 0 Å². The molecule has 2 nitrogen and oxygen atoms in total. The van der Waals surface area contributed by atoms with Gasteiger partial charge < -0.3 is 5.32 Å². The molecule has 1 saturated heterocycles. The average molecular weight is 271 g/mol. The third-order valence-electron chi connectivity index (χ3n) is 4.03. The third-order valence-corrected chi connectivity index (χ3v) is 5.33. The van der Waals surface area contributed by atoms with E-state index in [0.29, 0.717) is 6.04 Å². The first kappa shape index (κ1) is 12.0. The molecule has 0 spiro atoms. The molecule has 2 aliphatic rings. The molecule has 3 rings (SSSR count). The number of thiophene rings is 1. The van der Waals surface area contributed by atoms with Gasteiger partial charge in [-0.1, -0.05) is 18.0 Å². The predicted octanol–water partition coefficient (Wildman–Crippen LogP) is 3.15. The maximum Gasteiger partial charge on any atom is 0.0931 e. The Morgan fingerprint density at radius 2 is 2.06 bits per heavy atom. The fourth-order valence-corrected chi connectivity index (χ4v) is 4.20. The van der Waals surface area contributed by atoms with Crippen molar-refractivity contribution < 1.29 is 0 Å². The molecule has 1 aliphatic heterocycles. The van der Waals surface area contributed by atoms with Crippen molar-refractivity contribution >= 4 is 22.9 Å². The molecule has 0 amide bonds. The lowest BCUT2D eigenvalue weighted by Gasteiger charge is -2.42. The SMILES string of the molecule is Clc1ccc([C@@H](C2CCC2)N2CCNCC2)s1. The number of hydrogen-bond acceptors (Lipinski definition) is 3. The molecule has 2 heterocycles. The smallest absolute Gasteiger partial charge is 0.0931 e. The van der Waals surface area contributed by atoms with Crippen molar-refractivity contribution in [2.45, 2.75) is 25.3 Å². The summed E-state index contributed by atoms with van der Waals surface area (Å²) in [4.78, 5) is 4.13. The first-order valence-corrected chi connectivity index (χ1v) is 7.74. The molecule has 94 valence electrons. The summed E-state index contributed by atoms with van der Waals surface area (Å²) in [5, 5.41) is 3.44. The molecular weight excluding hydrogens is 252 g/mol. The standard InChI is InChI=1S/C13H19ClN2S/c14-12-5-4-11(17-12)13(10-2-1-3-10)16-8-6-15-7-9-16/h4-5,10,13,15H,1-3,6-9H2/t13-/m1/s1. The highest BCUT2D eigenvalue weighted by Gasteiger charge is 2.34. The molecule has 4 heteroatoms. The highest BCUT2D eigenvalue weighted by atomic mass is 35.5. The fraction of sp³-hybridized carbons (Fsp3) is 0.692. The first-order chi connectivity index (χ1) is 8.34. The molecule has 0 unspecified atom stereocenters. The van der Waals surface area contributed by atoms with Gasteiger partial charge in [-0.3, -0.25) is 4.90 Å². The molecule has 1 saturated carbocycles. The number of rotatable bonds is 3. The highest BCUT2D eigenvalue weighted by molar-refractivity contribution is 7.16. The van der Waals surface area contributed by atoms with E-state index in [1.165, 1.54) is 37.2 Å². The van der Waals surface area contributed by atoms with Gasteiger partial charge in [-0.25, -0.2) is 0 Å². The molecule has 1 N–H and O–H groups in total. The lowest BCUT2D eigenvalue weighted by molar-refractivity contribution is 0.0861. The molecule has 0 aromatic carbocycles. The lowest BCUT2D eigenvalue weighted by atomic mass is 9.78. The van der Waals surface area contributed by atoms with Crippen LogP contribution in [-0.2, 0) is 0 Å². The van der Waals surface area contributed by atoms with Crippen LogP contribution in [0.1, 0.15) is 30.2 Å². The predicted molar refractivity (Wildman–Crippen MR) is 73.9 cm³/mol. The van der Waals surface area contributed by atoms with E-state index in [0.717, 1.165) is 23.3 Å². The Morgan fingerprint density at radius 3 is 2.59 bits per heavy atom. The van der Waals surface area contributed by atoms with E-state index in [2.05, 4.69) is 22.3 Å². The topological polar surface area (TPSA) is 15.3 Å². The quantitative estimate of drug-likeness (QED) is 0.908. The van der Waals surface area contributed by atoms with E-state index in [-0.39, 0.29) is 0 Å². The van der Waals surface area contributed by atoms with E-state index in [9.17, 15) is 0 Å². The Morgan fingerprint density at radius 1 is 1.29 bits per heavy atom. The van der Waals surface area contributed by atoms with Gasteiger partial charge in [0, 0.05) is 37.1 Å². The van der Waals surface area contributed by atoms with E-state index in [1.54, 1.807) is 11.3 Å². The Kier molecular flexibility index (Phi) is 3.71. The van der Waals surface area contributed by atoms with Gasteiger partial charge in [-0.05, 0) is 30.9 Å². The summed E-state index contributed by atoms with van der Waals surface area (Å²) >= 11 is 7.87. The minimum atomic E-state index is 0.628. The number of nitrogens with zero attached hydrogens (tertiary/aromatic N) is 1. The van der Waals surface area contributed by atoms with Gasteiger partial charge in [-0.15, -0.1) is 11.3 Å². The van der Waals surface area contributed by atoms with Crippen molar-refractivity contribution in [2.75, 3.05) is 26.2 Å². The summed E-state index contributed by atoms with van der Waals surface area (Å²) in [5.41, 5.74) is 0. The van der Waals surface area contributed by atoms with Crippen LogP contribution >= 0.6 is 22.9 Å². The number of piperazine rings is 1. The van der Waals surface area contributed by atoms with E-state index < -0.39 is 0 Å². The third kappa shape index (κ3) is 2.53. The molecule has 0 bridgehead atoms. The van der Waals surface area contributed by atoms with Gasteiger partial charge in [0.25, 0.3) is 0 Å². The van der Waals surface area contributed by atoms with Crippen molar-refractivity contribution in [1.29, 1.82) is 0 Å². The van der Waals surface area contributed by atoms with Crippen LogP contribution in [0.5, 0.6) is 0 Å². The van der Waals surface area contributed by atoms with Gasteiger partial charge in [0.1, 0.15) is 0 Å². The summed E-state index contributed by atoms with van der Waals surface area (Å²) in [6, 6.07) is 4.91. The largest absolute Gasteiger partial charge is 0.314 e. The molecule has 1 aliphatic carbocycles. The molecule has 0 radical (unpaired) electrons. The van der Waals surface area contributed by atoms with Crippen LogP contribution in [-0.4, -0.2) is 31.1 Å². The Hall–Kier alpha value is -0.0900. The number of halogens is 1. The molecule has 17 heavy (non-hydrogen) atoms. The Balaban J connectivity index is 1.80. The van der Waals surface area contributed by atoms with Crippen LogP contribution in [0.25, 0.3) is 0 Å². The monoisotopic (exact) mass is 270 g/mol. The normalized spacial score (nSPS) is 24.5. The highest BCUT2D eigenvalue weighted by Crippen LogP contribution is 2.44. The number of nitrogens with one attached hydrogen (secondary N) is 1. The maximum absolute atomic E-state index is 6.10. The molecule has 2 fully saturated rings. The minimum Gasteiger partial charge on any atom is -0.314 e. The van der Waals surface area contributed by atoms with Crippen LogP contribution in [0, 0.1) is 5.92 Å². The average Bonchev–Trinajstić information content (AvgIpc) is 2.71. The van der Waals surface area contributed by atoms with Gasteiger partial charge in [0.05, 0.1) is 4.34 Å². The Labute approximate surface area is 112 Å². The maximum atomic E-state index is 6.10. The van der Waals surface area contributed by atoms with E-state index in [4.69, 9.17) is 11.6 Å². The van der Waals surface area contributed by atoms with Crippen LogP contribution < -0.4 is 5.32 Å². The van der Waals surface area contributed by atoms with Crippen molar-refractivity contribution in [2.24, 2.45) is 5.92 Å². The van der Waals surface area contributed by atoms with E-state index in [1.807, 2.05) is 0 Å². The van der Waals surface area contributed by atoms with Gasteiger partial charge in [0.15, 0.2) is 0 Å². The summed E-state index contributed by atoms with van der Waals surface area (Å²) in [7, 11) is 0. The second-order valence-corrected chi connectivity index (χ2v) is 6.81. The van der Waals surface area contributed by atoms with Crippen LogP contribution in [0.15, 0.2) is 12.1 Å². The van der Waals surface area contributed by atoms with Gasteiger partial charge >= 0.3 is 0 Å². The molecule has 1 aromatic heterocycles. The second-order valence-electron chi connectivity index (χ2n) is 5.06. The molecule has 1 atom stereocenters. The van der Waals surface area contributed by atoms with Crippen LogP contribution in [0.4, 0.5) is 0 Å². The molecular formula is C13H19ClN2S. The van der Waals surface area contributed by atoms with Gasteiger partial charge in [-0.2, -0.15) is 0 Å². The van der Waals surface area contributed by atoms with Crippen LogP contribution in [0.3, 0.4) is 0 Å².